The molecule has 2 aromatic heterocycles. The summed E-state index contributed by atoms with van der Waals surface area (Å²) in [5, 5.41) is 30.3. The van der Waals surface area contributed by atoms with E-state index in [0.29, 0.717) is 55.9 Å². The molecule has 0 unspecified atom stereocenters. The van der Waals surface area contributed by atoms with Gasteiger partial charge in [-0.1, -0.05) is 38.1 Å². The number of nitrogens with one attached hydrogen (secondary N) is 4. The summed E-state index contributed by atoms with van der Waals surface area (Å²) in [7, 11) is -4.71. The number of carbonyl (C=O) groups excluding carboxylic acids is 1. The Kier molecular flexibility index (Phi) is 12.9. The molecule has 0 radical (unpaired) electrons. The van der Waals surface area contributed by atoms with E-state index in [1.54, 1.807) is 24.4 Å². The van der Waals surface area contributed by atoms with E-state index in [1.165, 1.54) is 42.9 Å². The highest BCUT2D eigenvalue weighted by Gasteiger charge is 2.50. The van der Waals surface area contributed by atoms with Crippen molar-refractivity contribution in [3.63, 3.8) is 0 Å². The molecule has 17 nitrogen and oxygen atoms in total. The molecule has 6 heterocycles. The lowest BCUT2D eigenvalue weighted by Crippen LogP contribution is -2.54. The number of amides is 1. The summed E-state index contributed by atoms with van der Waals surface area (Å²) >= 11 is 0. The largest absolute Gasteiger partial charge is 0.489 e. The van der Waals surface area contributed by atoms with E-state index in [0.717, 1.165) is 62.6 Å². The number of nitrogens with zero attached hydrogens (tertiary/aromatic N) is 4. The lowest BCUT2D eigenvalue weighted by atomic mass is 9.59. The SMILES string of the molecule is CC(C)c1ccccc1[C@H]1CCCN1C1CC2(CCN(c3ccc(C(=O)NS(=O)(=O)c4cc5c(c([N+](=O)[O-])c4)N[C@@H](C4CCC(C)(O)CC4)CO5)c(Oc4cc5cc[nH]c5nc4O[C@@H]4CCNC4)c3)CC2)C1. The second-order valence-electron chi connectivity index (χ2n) is 21.9. The maximum atomic E-state index is 14.4. The summed E-state index contributed by atoms with van der Waals surface area (Å²) < 4.78 is 49.6. The van der Waals surface area contributed by atoms with Gasteiger partial charge in [0, 0.05) is 67.2 Å². The van der Waals surface area contributed by atoms with Crippen molar-refractivity contribution in [2.75, 3.05) is 49.5 Å². The third kappa shape index (κ3) is 9.58. The standard InChI is InChI=1S/C54H66N8O9S/c1-33(2)40-7-4-5-8-41(40)44-9-6-22-61(44)37-29-54(30-37)18-23-60(24-19-54)36-10-11-42(46(26-36)71-48-25-35-14-21-56-50(35)58-52(48)70-38-15-20-55-31-38)51(63)59-72(67,68)39-27-45(62(65)66)49-47(28-39)69-32-43(57-49)34-12-16-53(3,64)17-13-34/h4-5,7-8,10-11,14,21,25-28,33-34,37-38,43-44,55,57,64H,6,9,12-13,15-20,22-24,29-32H2,1-3H3,(H,56,58)(H,59,63)/t34?,38-,43-,44-,53?/m1/s1. The number of benzene rings is 3. The van der Waals surface area contributed by atoms with Crippen molar-refractivity contribution in [3.8, 4) is 23.1 Å². The number of piperidine rings is 1. The van der Waals surface area contributed by atoms with Crippen molar-refractivity contribution in [3.05, 3.63) is 99.7 Å². The third-order valence-corrected chi connectivity index (χ3v) is 18.0. The molecule has 4 aliphatic heterocycles. The Morgan fingerprint density at radius 1 is 0.986 bits per heavy atom. The van der Waals surface area contributed by atoms with Gasteiger partial charge in [-0.05, 0) is 143 Å². The normalized spacial score (nSPS) is 25.4. The number of aromatic amines is 1. The Morgan fingerprint density at radius 2 is 1.78 bits per heavy atom. The summed E-state index contributed by atoms with van der Waals surface area (Å²) in [5.41, 5.74) is 3.39. The Balaban J connectivity index is 0.842. The predicted molar refractivity (Wildman–Crippen MR) is 274 cm³/mol. The average molecular weight is 1000 g/mol. The molecule has 72 heavy (non-hydrogen) atoms. The molecule has 1 spiro atoms. The number of sulfonamides is 1. The molecule has 2 saturated carbocycles. The molecule has 3 saturated heterocycles. The van der Waals surface area contributed by atoms with Crippen LogP contribution in [0.1, 0.15) is 125 Å². The Hall–Kier alpha value is -5.95. The lowest BCUT2D eigenvalue weighted by Gasteiger charge is -2.56. The van der Waals surface area contributed by atoms with E-state index < -0.39 is 37.0 Å². The number of fused-ring (bicyclic) bond motifs is 2. The van der Waals surface area contributed by atoms with Crippen LogP contribution in [0.5, 0.6) is 23.1 Å². The highest BCUT2D eigenvalue weighted by Crippen LogP contribution is 2.54. The number of ether oxygens (including phenoxy) is 3. The molecular weight excluding hydrogens is 937 g/mol. The minimum atomic E-state index is -4.71. The first-order valence-corrected chi connectivity index (χ1v) is 27.4. The van der Waals surface area contributed by atoms with Crippen molar-refractivity contribution < 1.29 is 37.5 Å². The average Bonchev–Trinajstić information content (AvgIpc) is 4.16. The summed E-state index contributed by atoms with van der Waals surface area (Å²) in [5.74, 6) is 0.158. The number of pyridine rings is 1. The molecule has 3 atom stereocenters. The van der Waals surface area contributed by atoms with Crippen LogP contribution < -0.4 is 34.5 Å². The van der Waals surface area contributed by atoms with E-state index in [9.17, 15) is 28.4 Å². The number of hydrogen-bond acceptors (Lipinski definition) is 14. The van der Waals surface area contributed by atoms with Crippen molar-refractivity contribution in [1.82, 2.24) is 24.9 Å². The van der Waals surface area contributed by atoms with Crippen LogP contribution in [-0.4, -0.2) is 102 Å². The number of rotatable bonds is 13. The molecule has 6 aliphatic rings. The van der Waals surface area contributed by atoms with E-state index in [2.05, 4.69) is 68.3 Å². The number of aromatic nitrogens is 2. The van der Waals surface area contributed by atoms with Gasteiger partial charge in [-0.2, -0.15) is 4.98 Å². The zero-order valence-electron chi connectivity index (χ0n) is 41.3. The fourth-order valence-corrected chi connectivity index (χ4v) is 13.5. The topological polar surface area (TPSA) is 214 Å². The van der Waals surface area contributed by atoms with E-state index in [-0.39, 0.29) is 64.5 Å². The molecule has 5 N–H and O–H groups in total. The summed E-state index contributed by atoms with van der Waals surface area (Å²) in [4.78, 5) is 38.8. The monoisotopic (exact) mass is 1000 g/mol. The Labute approximate surface area is 420 Å². The summed E-state index contributed by atoms with van der Waals surface area (Å²) in [6, 6.07) is 20.7. The highest BCUT2D eigenvalue weighted by molar-refractivity contribution is 7.90. The number of nitro benzene ring substituents is 1. The van der Waals surface area contributed by atoms with Crippen LogP contribution in [0, 0.1) is 21.4 Å². The minimum Gasteiger partial charge on any atom is -0.489 e. The first kappa shape index (κ1) is 48.3. The van der Waals surface area contributed by atoms with Gasteiger partial charge in [0.2, 0.25) is 0 Å². The number of carbonyl (C=O) groups is 1. The molecule has 1 amide bonds. The third-order valence-electron chi connectivity index (χ3n) is 16.7. The smallest absolute Gasteiger partial charge is 0.297 e. The van der Waals surface area contributed by atoms with Gasteiger partial charge in [0.25, 0.3) is 27.5 Å². The van der Waals surface area contributed by atoms with Crippen LogP contribution >= 0.6 is 0 Å². The first-order chi connectivity index (χ1) is 34.6. The molecule has 0 bridgehead atoms. The van der Waals surface area contributed by atoms with Gasteiger partial charge in [-0.25, -0.2) is 13.1 Å². The molecule has 5 fully saturated rings. The summed E-state index contributed by atoms with van der Waals surface area (Å²) in [6.07, 6.45) is 11.8. The number of likely N-dealkylation sites (tertiary alicyclic amines) is 1. The van der Waals surface area contributed by atoms with Gasteiger partial charge in [-0.3, -0.25) is 19.8 Å². The van der Waals surface area contributed by atoms with Crippen LogP contribution in [0.25, 0.3) is 11.0 Å². The molecule has 382 valence electrons. The van der Waals surface area contributed by atoms with Crippen molar-refractivity contribution >= 4 is 44.0 Å². The van der Waals surface area contributed by atoms with Crippen LogP contribution in [0.15, 0.2) is 77.8 Å². The molecule has 18 heteroatoms. The molecule has 3 aromatic carbocycles. The molecule has 11 rings (SSSR count). The van der Waals surface area contributed by atoms with Crippen molar-refractivity contribution in [2.45, 2.75) is 132 Å². The van der Waals surface area contributed by atoms with Gasteiger partial charge in [0.05, 0.1) is 27.0 Å². The Morgan fingerprint density at radius 3 is 2.53 bits per heavy atom. The molecule has 2 aliphatic carbocycles. The fourth-order valence-electron chi connectivity index (χ4n) is 12.5. The second kappa shape index (κ2) is 19.1. The van der Waals surface area contributed by atoms with Gasteiger partial charge < -0.3 is 39.8 Å². The predicted octanol–water partition coefficient (Wildman–Crippen LogP) is 8.95. The number of H-pyrrole nitrogens is 1. The minimum absolute atomic E-state index is 0.00418. The second-order valence-corrected chi connectivity index (χ2v) is 23.5. The zero-order valence-corrected chi connectivity index (χ0v) is 42.1. The number of anilines is 2. The van der Waals surface area contributed by atoms with Gasteiger partial charge in [-0.15, -0.1) is 0 Å². The van der Waals surface area contributed by atoms with Crippen LogP contribution in [0.3, 0.4) is 0 Å². The highest BCUT2D eigenvalue weighted by atomic mass is 32.2. The number of aliphatic hydroxyl groups is 1. The van der Waals surface area contributed by atoms with Crippen molar-refractivity contribution in [2.24, 2.45) is 11.3 Å². The first-order valence-electron chi connectivity index (χ1n) is 25.9. The van der Waals surface area contributed by atoms with E-state index in [4.69, 9.17) is 19.2 Å². The van der Waals surface area contributed by atoms with Crippen LogP contribution in [-0.2, 0) is 10.0 Å². The van der Waals surface area contributed by atoms with Gasteiger partial charge >= 0.3 is 0 Å². The fraction of sp³-hybridized carbons (Fsp3) is 0.519. The maximum Gasteiger partial charge on any atom is 0.297 e. The van der Waals surface area contributed by atoms with E-state index >= 15 is 0 Å². The van der Waals surface area contributed by atoms with Crippen LogP contribution in [0.4, 0.5) is 17.1 Å². The number of nitro groups is 1. The summed E-state index contributed by atoms with van der Waals surface area (Å²) in [6.45, 7) is 10.7. The van der Waals surface area contributed by atoms with Gasteiger partial charge in [0.15, 0.2) is 17.2 Å². The number of hydrogen-bond donors (Lipinski definition) is 5. The quantitative estimate of drug-likeness (QED) is 0.0551. The lowest BCUT2D eigenvalue weighted by molar-refractivity contribution is -0.384. The Bertz CT molecular complexity index is 2960. The molecule has 5 aromatic rings. The van der Waals surface area contributed by atoms with Gasteiger partial charge in [0.1, 0.15) is 24.1 Å². The van der Waals surface area contributed by atoms with E-state index in [1.807, 2.05) is 19.1 Å². The van der Waals surface area contributed by atoms with Crippen molar-refractivity contribution in [1.29, 1.82) is 0 Å². The maximum absolute atomic E-state index is 14.4. The van der Waals surface area contributed by atoms with Crippen LogP contribution in [0.2, 0.25) is 0 Å². The molecular formula is C54H66N8O9S. The zero-order chi connectivity index (χ0) is 49.9.